The minimum absolute atomic E-state index is 0.176. The molecule has 0 aromatic rings. The number of hydrogen-bond acceptors (Lipinski definition) is 4. The van der Waals surface area contributed by atoms with Gasteiger partial charge in [-0.15, -0.1) is 11.8 Å². The number of hydrogen-bond donors (Lipinski definition) is 2. The van der Waals surface area contributed by atoms with Crippen LogP contribution in [0.3, 0.4) is 0 Å². The SMILES string of the molecule is N#CNC(=O)C1CSCN1. The van der Waals surface area contributed by atoms with Crippen LogP contribution in [0.5, 0.6) is 0 Å². The third-order valence-electron chi connectivity index (χ3n) is 1.21. The number of carbonyl (C=O) groups is 1. The maximum absolute atomic E-state index is 10.8. The van der Waals surface area contributed by atoms with E-state index in [0.29, 0.717) is 0 Å². The topological polar surface area (TPSA) is 64.9 Å². The summed E-state index contributed by atoms with van der Waals surface area (Å²) in [6.07, 6.45) is 1.60. The first-order valence-corrected chi connectivity index (χ1v) is 4.00. The second-order valence-corrected chi connectivity index (χ2v) is 2.90. The van der Waals surface area contributed by atoms with Crippen molar-refractivity contribution in [2.24, 2.45) is 0 Å². The van der Waals surface area contributed by atoms with Gasteiger partial charge in [0.15, 0.2) is 6.19 Å². The van der Waals surface area contributed by atoms with Gasteiger partial charge in [-0.1, -0.05) is 0 Å². The largest absolute Gasteiger partial charge is 0.296 e. The highest BCUT2D eigenvalue weighted by atomic mass is 32.2. The summed E-state index contributed by atoms with van der Waals surface area (Å²) in [5.74, 6) is 1.32. The first-order chi connectivity index (χ1) is 4.84. The molecule has 0 aromatic carbocycles. The van der Waals surface area contributed by atoms with Crippen LogP contribution in [0.25, 0.3) is 0 Å². The smallest absolute Gasteiger partial charge is 0.250 e. The van der Waals surface area contributed by atoms with Crippen molar-refractivity contribution in [1.29, 1.82) is 5.26 Å². The predicted octanol–water partition coefficient (Wildman–Crippen LogP) is -0.754. The van der Waals surface area contributed by atoms with Crippen LogP contribution in [0.15, 0.2) is 0 Å². The Morgan fingerprint density at radius 3 is 3.20 bits per heavy atom. The number of rotatable bonds is 1. The number of nitrogens with zero attached hydrogens (tertiary/aromatic N) is 1. The average Bonchev–Trinajstić information content (AvgIpc) is 2.38. The molecule has 54 valence electrons. The van der Waals surface area contributed by atoms with Crippen molar-refractivity contribution in [3.8, 4) is 6.19 Å². The summed E-state index contributed by atoms with van der Waals surface area (Å²) in [4.78, 5) is 10.8. The van der Waals surface area contributed by atoms with Crippen molar-refractivity contribution in [2.75, 3.05) is 11.6 Å². The van der Waals surface area contributed by atoms with Gasteiger partial charge in [0.1, 0.15) is 0 Å². The Labute approximate surface area is 63.0 Å². The summed E-state index contributed by atoms with van der Waals surface area (Å²) in [5.41, 5.74) is 0. The van der Waals surface area contributed by atoms with Gasteiger partial charge in [0.05, 0.1) is 6.04 Å². The van der Waals surface area contributed by atoms with E-state index in [2.05, 4.69) is 10.6 Å². The van der Waals surface area contributed by atoms with Gasteiger partial charge >= 0.3 is 0 Å². The van der Waals surface area contributed by atoms with E-state index in [9.17, 15) is 4.79 Å². The fraction of sp³-hybridized carbons (Fsp3) is 0.600. The fourth-order valence-corrected chi connectivity index (χ4v) is 1.65. The fourth-order valence-electron chi connectivity index (χ4n) is 0.706. The van der Waals surface area contributed by atoms with Gasteiger partial charge < -0.3 is 0 Å². The number of nitriles is 1. The lowest BCUT2D eigenvalue weighted by Crippen LogP contribution is -2.39. The molecular formula is C5H7N3OS. The Kier molecular flexibility index (Phi) is 2.54. The van der Waals surface area contributed by atoms with Gasteiger partial charge in [-0.05, 0) is 0 Å². The van der Waals surface area contributed by atoms with Gasteiger partial charge in [0.2, 0.25) is 0 Å². The molecule has 0 bridgehead atoms. The molecule has 0 spiro atoms. The minimum Gasteiger partial charge on any atom is -0.296 e. The van der Waals surface area contributed by atoms with Crippen molar-refractivity contribution in [3.63, 3.8) is 0 Å². The molecule has 1 rings (SSSR count). The third kappa shape index (κ3) is 1.62. The molecule has 1 aliphatic heterocycles. The Balaban J connectivity index is 2.34. The molecule has 5 heteroatoms. The minimum atomic E-state index is -0.229. The van der Waals surface area contributed by atoms with Crippen LogP contribution in [0, 0.1) is 11.5 Å². The Hall–Kier alpha value is -0.730. The molecule has 1 aliphatic rings. The maximum Gasteiger partial charge on any atom is 0.250 e. The summed E-state index contributed by atoms with van der Waals surface area (Å²) in [7, 11) is 0. The zero-order valence-corrected chi connectivity index (χ0v) is 6.07. The molecule has 2 N–H and O–H groups in total. The zero-order chi connectivity index (χ0) is 7.40. The van der Waals surface area contributed by atoms with Crippen molar-refractivity contribution in [2.45, 2.75) is 6.04 Å². The van der Waals surface area contributed by atoms with Crippen LogP contribution >= 0.6 is 11.8 Å². The van der Waals surface area contributed by atoms with Gasteiger partial charge in [0.25, 0.3) is 5.91 Å². The molecule has 1 amide bonds. The van der Waals surface area contributed by atoms with Crippen LogP contribution in [-0.2, 0) is 4.79 Å². The van der Waals surface area contributed by atoms with Crippen LogP contribution in [0.4, 0.5) is 0 Å². The van der Waals surface area contributed by atoms with E-state index in [1.165, 1.54) is 0 Å². The quantitative estimate of drug-likeness (QED) is 0.388. The highest BCUT2D eigenvalue weighted by molar-refractivity contribution is 7.99. The lowest BCUT2D eigenvalue weighted by Gasteiger charge is -2.03. The van der Waals surface area contributed by atoms with Gasteiger partial charge in [-0.25, -0.2) is 0 Å². The van der Waals surface area contributed by atoms with Crippen LogP contribution in [0.1, 0.15) is 0 Å². The number of thioether (sulfide) groups is 1. The van der Waals surface area contributed by atoms with E-state index in [0.717, 1.165) is 11.6 Å². The summed E-state index contributed by atoms with van der Waals surface area (Å²) in [6, 6.07) is -0.176. The van der Waals surface area contributed by atoms with E-state index in [1.807, 2.05) is 0 Å². The van der Waals surface area contributed by atoms with Crippen LogP contribution in [-0.4, -0.2) is 23.6 Å². The van der Waals surface area contributed by atoms with Crippen LogP contribution < -0.4 is 10.6 Å². The van der Waals surface area contributed by atoms with E-state index in [1.54, 1.807) is 18.0 Å². The third-order valence-corrected chi connectivity index (χ3v) is 2.15. The second kappa shape index (κ2) is 3.44. The highest BCUT2D eigenvalue weighted by Gasteiger charge is 2.21. The molecule has 0 aromatic heterocycles. The molecule has 1 unspecified atom stereocenters. The number of carbonyl (C=O) groups excluding carboxylic acids is 1. The monoisotopic (exact) mass is 157 g/mol. The molecule has 4 nitrogen and oxygen atoms in total. The zero-order valence-electron chi connectivity index (χ0n) is 5.26. The Morgan fingerprint density at radius 2 is 2.70 bits per heavy atom. The molecule has 0 radical (unpaired) electrons. The maximum atomic E-state index is 10.8. The Bertz CT molecular complexity index is 170. The van der Waals surface area contributed by atoms with Crippen molar-refractivity contribution >= 4 is 17.7 Å². The Morgan fingerprint density at radius 1 is 1.90 bits per heavy atom. The van der Waals surface area contributed by atoms with Gasteiger partial charge in [-0.3, -0.25) is 15.4 Å². The molecule has 1 heterocycles. The van der Waals surface area contributed by atoms with E-state index >= 15 is 0 Å². The first-order valence-electron chi connectivity index (χ1n) is 2.84. The molecule has 10 heavy (non-hydrogen) atoms. The van der Waals surface area contributed by atoms with E-state index in [-0.39, 0.29) is 11.9 Å². The normalized spacial score (nSPS) is 23.7. The van der Waals surface area contributed by atoms with Gasteiger partial charge in [-0.2, -0.15) is 5.26 Å². The van der Waals surface area contributed by atoms with Crippen molar-refractivity contribution in [3.05, 3.63) is 0 Å². The molecular weight excluding hydrogens is 150 g/mol. The lowest BCUT2D eigenvalue weighted by molar-refractivity contribution is -0.121. The summed E-state index contributed by atoms with van der Waals surface area (Å²) in [5, 5.41) is 13.1. The second-order valence-electron chi connectivity index (χ2n) is 1.87. The summed E-state index contributed by atoms with van der Waals surface area (Å²) in [6.45, 7) is 0. The van der Waals surface area contributed by atoms with Gasteiger partial charge in [0, 0.05) is 11.6 Å². The average molecular weight is 157 g/mol. The predicted molar refractivity (Wildman–Crippen MR) is 38.0 cm³/mol. The van der Waals surface area contributed by atoms with Crippen molar-refractivity contribution < 1.29 is 4.79 Å². The molecule has 0 aliphatic carbocycles. The summed E-state index contributed by atoms with van der Waals surface area (Å²) < 4.78 is 0. The van der Waals surface area contributed by atoms with E-state index in [4.69, 9.17) is 5.26 Å². The van der Waals surface area contributed by atoms with Crippen LogP contribution in [0.2, 0.25) is 0 Å². The number of amides is 1. The molecule has 0 saturated carbocycles. The number of nitrogens with one attached hydrogen (secondary N) is 2. The molecule has 1 atom stereocenters. The standard InChI is InChI=1S/C5H7N3OS/c6-2-7-5(9)4-1-10-3-8-4/h4,8H,1,3H2,(H,7,9). The van der Waals surface area contributed by atoms with E-state index < -0.39 is 0 Å². The molecule has 1 saturated heterocycles. The summed E-state index contributed by atoms with van der Waals surface area (Å²) >= 11 is 1.66. The highest BCUT2D eigenvalue weighted by Crippen LogP contribution is 2.08. The first kappa shape index (κ1) is 7.38. The van der Waals surface area contributed by atoms with Crippen molar-refractivity contribution in [1.82, 2.24) is 10.6 Å². The lowest BCUT2D eigenvalue weighted by atomic mass is 10.3. The molecule has 1 fully saturated rings.